The van der Waals surface area contributed by atoms with Crippen molar-refractivity contribution in [3.8, 4) is 0 Å². The lowest BCUT2D eigenvalue weighted by Gasteiger charge is -2.27. The van der Waals surface area contributed by atoms with E-state index in [1.54, 1.807) is 0 Å². The highest BCUT2D eigenvalue weighted by atomic mass is 16.5. The van der Waals surface area contributed by atoms with Gasteiger partial charge < -0.3 is 10.1 Å². The van der Waals surface area contributed by atoms with Gasteiger partial charge in [-0.1, -0.05) is 32.1 Å². The van der Waals surface area contributed by atoms with Gasteiger partial charge in [-0.15, -0.1) is 0 Å². The molecule has 0 amide bonds. The molecule has 0 saturated heterocycles. The highest BCUT2D eigenvalue weighted by Crippen LogP contribution is 2.20. The molecule has 2 aliphatic rings. The molecule has 0 aromatic rings. The van der Waals surface area contributed by atoms with Crippen LogP contribution in [-0.4, -0.2) is 25.3 Å². The summed E-state index contributed by atoms with van der Waals surface area (Å²) in [5, 5.41) is 3.55. The van der Waals surface area contributed by atoms with Crippen molar-refractivity contribution >= 4 is 0 Å². The van der Waals surface area contributed by atoms with Crippen LogP contribution in [0.1, 0.15) is 57.8 Å². The summed E-state index contributed by atoms with van der Waals surface area (Å²) < 4.78 is 5.92. The first kappa shape index (κ1) is 11.4. The fourth-order valence-corrected chi connectivity index (χ4v) is 2.51. The molecule has 2 aliphatic carbocycles. The molecule has 2 rings (SSSR count). The van der Waals surface area contributed by atoms with Crippen molar-refractivity contribution in [2.45, 2.75) is 69.9 Å². The van der Waals surface area contributed by atoms with Gasteiger partial charge in [0, 0.05) is 12.6 Å². The minimum atomic E-state index is 0.565. The summed E-state index contributed by atoms with van der Waals surface area (Å²) in [4.78, 5) is 0. The van der Waals surface area contributed by atoms with E-state index >= 15 is 0 Å². The molecular formula is C13H25NO. The maximum Gasteiger partial charge on any atom is 0.0594 e. The van der Waals surface area contributed by atoms with Crippen LogP contribution in [-0.2, 0) is 4.74 Å². The van der Waals surface area contributed by atoms with Crippen molar-refractivity contribution in [1.82, 2.24) is 5.32 Å². The van der Waals surface area contributed by atoms with Crippen molar-refractivity contribution in [2.75, 3.05) is 13.2 Å². The van der Waals surface area contributed by atoms with Gasteiger partial charge in [0.25, 0.3) is 0 Å². The predicted molar refractivity (Wildman–Crippen MR) is 63.1 cm³/mol. The molecule has 0 atom stereocenters. The topological polar surface area (TPSA) is 21.3 Å². The normalized spacial score (nSPS) is 24.8. The van der Waals surface area contributed by atoms with Gasteiger partial charge in [0.05, 0.1) is 12.7 Å². The Morgan fingerprint density at radius 2 is 1.60 bits per heavy atom. The largest absolute Gasteiger partial charge is 0.377 e. The Morgan fingerprint density at radius 3 is 2.20 bits per heavy atom. The first-order valence-corrected chi connectivity index (χ1v) is 6.80. The molecule has 2 nitrogen and oxygen atoms in total. The fourth-order valence-electron chi connectivity index (χ4n) is 2.51. The van der Waals surface area contributed by atoms with Crippen molar-refractivity contribution < 1.29 is 4.74 Å². The highest BCUT2D eigenvalue weighted by Gasteiger charge is 2.16. The smallest absolute Gasteiger partial charge is 0.0594 e. The lowest BCUT2D eigenvalue weighted by atomic mass is 9.93. The van der Waals surface area contributed by atoms with Gasteiger partial charge in [-0.3, -0.25) is 0 Å². The Balaban J connectivity index is 1.48. The van der Waals surface area contributed by atoms with Crippen LogP contribution in [0, 0.1) is 0 Å². The van der Waals surface area contributed by atoms with Crippen molar-refractivity contribution in [1.29, 1.82) is 0 Å². The molecular weight excluding hydrogens is 186 g/mol. The number of nitrogens with one attached hydrogen (secondary N) is 1. The van der Waals surface area contributed by atoms with E-state index in [1.165, 1.54) is 57.8 Å². The molecule has 2 heteroatoms. The molecule has 0 aromatic carbocycles. The van der Waals surface area contributed by atoms with E-state index in [2.05, 4.69) is 5.32 Å². The van der Waals surface area contributed by atoms with E-state index in [0.717, 1.165) is 19.2 Å². The maximum absolute atomic E-state index is 5.92. The third-order valence-corrected chi connectivity index (χ3v) is 3.80. The number of rotatable bonds is 5. The molecule has 0 aliphatic heterocycles. The van der Waals surface area contributed by atoms with Crippen LogP contribution in [0.5, 0.6) is 0 Å². The minimum absolute atomic E-state index is 0.565. The molecule has 1 N–H and O–H groups in total. The van der Waals surface area contributed by atoms with E-state index in [0.29, 0.717) is 6.10 Å². The van der Waals surface area contributed by atoms with Gasteiger partial charge in [-0.25, -0.2) is 0 Å². The minimum Gasteiger partial charge on any atom is -0.377 e. The van der Waals surface area contributed by atoms with E-state index in [1.807, 2.05) is 0 Å². The summed E-state index contributed by atoms with van der Waals surface area (Å²) in [5.41, 5.74) is 0. The Kier molecular flexibility index (Phi) is 4.94. The van der Waals surface area contributed by atoms with Crippen molar-refractivity contribution in [3.63, 3.8) is 0 Å². The third kappa shape index (κ3) is 4.12. The lowest BCUT2D eigenvalue weighted by molar-refractivity contribution is 0.0428. The molecule has 0 radical (unpaired) electrons. The molecule has 0 heterocycles. The molecule has 0 unspecified atom stereocenters. The predicted octanol–water partition coefficient (Wildman–Crippen LogP) is 2.87. The molecule has 0 aromatic heterocycles. The average Bonchev–Trinajstić information content (AvgIpc) is 2.43. The third-order valence-electron chi connectivity index (χ3n) is 3.80. The molecule has 2 fully saturated rings. The van der Waals surface area contributed by atoms with E-state index in [-0.39, 0.29) is 0 Å². The number of ether oxygens (including phenoxy) is 1. The fraction of sp³-hybridized carbons (Fsp3) is 1.00. The van der Waals surface area contributed by atoms with E-state index in [4.69, 9.17) is 4.74 Å². The second-order valence-electron chi connectivity index (χ2n) is 5.07. The zero-order valence-corrected chi connectivity index (χ0v) is 9.84. The second-order valence-corrected chi connectivity index (χ2v) is 5.07. The van der Waals surface area contributed by atoms with Crippen LogP contribution in [0.15, 0.2) is 0 Å². The summed E-state index contributed by atoms with van der Waals surface area (Å²) in [6.07, 6.45) is 12.9. The monoisotopic (exact) mass is 211 g/mol. The molecule has 0 bridgehead atoms. The molecule has 88 valence electrons. The lowest BCUT2D eigenvalue weighted by Crippen LogP contribution is -2.37. The van der Waals surface area contributed by atoms with Crippen LogP contribution < -0.4 is 5.32 Å². The molecule has 2 saturated carbocycles. The Bertz CT molecular complexity index is 160. The van der Waals surface area contributed by atoms with Crippen LogP contribution in [0.2, 0.25) is 0 Å². The quantitative estimate of drug-likeness (QED) is 0.558. The zero-order chi connectivity index (χ0) is 10.3. The van der Waals surface area contributed by atoms with Gasteiger partial charge in [0.2, 0.25) is 0 Å². The Labute approximate surface area is 93.8 Å². The van der Waals surface area contributed by atoms with Crippen molar-refractivity contribution in [3.05, 3.63) is 0 Å². The first-order chi connectivity index (χ1) is 7.45. The standard InChI is InChI=1S/C13H25NO/c1-2-4-9-13(8-3-1)15-11-10-14-12-6-5-7-12/h12-14H,1-11H2. The zero-order valence-electron chi connectivity index (χ0n) is 9.84. The van der Waals surface area contributed by atoms with Gasteiger partial charge >= 0.3 is 0 Å². The number of hydrogen-bond donors (Lipinski definition) is 1. The van der Waals surface area contributed by atoms with Crippen LogP contribution in [0.3, 0.4) is 0 Å². The van der Waals surface area contributed by atoms with Gasteiger partial charge in [0.15, 0.2) is 0 Å². The summed E-state index contributed by atoms with van der Waals surface area (Å²) in [5.74, 6) is 0. The van der Waals surface area contributed by atoms with E-state index in [9.17, 15) is 0 Å². The summed E-state index contributed by atoms with van der Waals surface area (Å²) >= 11 is 0. The van der Waals surface area contributed by atoms with E-state index < -0.39 is 0 Å². The van der Waals surface area contributed by atoms with Gasteiger partial charge in [0.1, 0.15) is 0 Å². The summed E-state index contributed by atoms with van der Waals surface area (Å²) in [6, 6.07) is 0.808. The van der Waals surface area contributed by atoms with Crippen LogP contribution >= 0.6 is 0 Å². The Hall–Kier alpha value is -0.0800. The average molecular weight is 211 g/mol. The highest BCUT2D eigenvalue weighted by molar-refractivity contribution is 4.75. The van der Waals surface area contributed by atoms with Gasteiger partial charge in [-0.05, 0) is 25.7 Å². The van der Waals surface area contributed by atoms with Crippen LogP contribution in [0.25, 0.3) is 0 Å². The van der Waals surface area contributed by atoms with Crippen LogP contribution in [0.4, 0.5) is 0 Å². The first-order valence-electron chi connectivity index (χ1n) is 6.80. The molecule has 0 spiro atoms. The van der Waals surface area contributed by atoms with Crippen molar-refractivity contribution in [2.24, 2.45) is 0 Å². The maximum atomic E-state index is 5.92. The molecule has 15 heavy (non-hydrogen) atoms. The summed E-state index contributed by atoms with van der Waals surface area (Å²) in [6.45, 7) is 1.97. The number of hydrogen-bond acceptors (Lipinski definition) is 2. The SMILES string of the molecule is C1CCCC(OCCNC2CCC2)CC1. The summed E-state index contributed by atoms with van der Waals surface area (Å²) in [7, 11) is 0. The second kappa shape index (κ2) is 6.49. The van der Waals surface area contributed by atoms with Gasteiger partial charge in [-0.2, -0.15) is 0 Å². The Morgan fingerprint density at radius 1 is 0.867 bits per heavy atom.